The Bertz CT molecular complexity index is 1170. The lowest BCUT2D eigenvalue weighted by molar-refractivity contribution is -0.132. The molecule has 0 bridgehead atoms. The molecule has 0 aromatic heterocycles. The molecule has 3 heterocycles. The van der Waals surface area contributed by atoms with Crippen molar-refractivity contribution in [1.82, 2.24) is 5.01 Å². The van der Waals surface area contributed by atoms with E-state index in [1.807, 2.05) is 6.07 Å². The molecule has 2 aromatic carbocycles. The molecule has 0 unspecified atom stereocenters. The maximum absolute atomic E-state index is 13.5. The number of carbonyl (C=O) groups is 4. The van der Waals surface area contributed by atoms with Gasteiger partial charge < -0.3 is 4.74 Å². The molecule has 3 aliphatic heterocycles. The van der Waals surface area contributed by atoms with Gasteiger partial charge in [0.15, 0.2) is 5.78 Å². The summed E-state index contributed by atoms with van der Waals surface area (Å²) in [6, 6.07) is 13.5. The van der Waals surface area contributed by atoms with Crippen molar-refractivity contribution in [2.24, 2.45) is 16.9 Å². The minimum Gasteiger partial charge on any atom is -0.427 e. The molecule has 2 aromatic rings. The third-order valence-electron chi connectivity index (χ3n) is 5.97. The lowest BCUT2D eigenvalue weighted by Crippen LogP contribution is -2.46. The van der Waals surface area contributed by atoms with Crippen LogP contribution in [0.4, 0.5) is 5.69 Å². The van der Waals surface area contributed by atoms with Gasteiger partial charge in [-0.15, -0.1) is 0 Å². The van der Waals surface area contributed by atoms with E-state index in [0.717, 1.165) is 4.90 Å². The summed E-state index contributed by atoms with van der Waals surface area (Å²) in [4.78, 5) is 52.6. The van der Waals surface area contributed by atoms with Crippen molar-refractivity contribution in [3.05, 3.63) is 72.3 Å². The lowest BCUT2D eigenvalue weighted by Gasteiger charge is -2.30. The van der Waals surface area contributed by atoms with Crippen LogP contribution < -0.4 is 9.64 Å². The molecular formula is C24H19N3O5. The number of ether oxygens (including phenoxy) is 1. The molecule has 0 aliphatic carbocycles. The van der Waals surface area contributed by atoms with Crippen molar-refractivity contribution in [2.75, 3.05) is 4.90 Å². The largest absolute Gasteiger partial charge is 0.427 e. The predicted molar refractivity (Wildman–Crippen MR) is 115 cm³/mol. The van der Waals surface area contributed by atoms with Crippen molar-refractivity contribution in [2.45, 2.75) is 19.0 Å². The topological polar surface area (TPSA) is 96.3 Å². The van der Waals surface area contributed by atoms with Gasteiger partial charge in [0.1, 0.15) is 11.8 Å². The Kier molecular flexibility index (Phi) is 4.70. The standard InChI is InChI=1S/C24H19N3O5/c1-14(28)32-17-11-9-16(10-12-17)26-23(30)19-18-8-5-13-25-27(18)21(20(19)24(26)31)22(29)15-6-3-2-4-7-15/h2-13,18-21H,1H3/t18-,19+,20+,21+/m1/s1. The second-order valence-electron chi connectivity index (χ2n) is 7.85. The highest BCUT2D eigenvalue weighted by molar-refractivity contribution is 6.24. The third kappa shape index (κ3) is 3.03. The van der Waals surface area contributed by atoms with Gasteiger partial charge in [0.2, 0.25) is 11.8 Å². The number of allylic oxidation sites excluding steroid dienone is 1. The third-order valence-corrected chi connectivity index (χ3v) is 5.97. The molecule has 160 valence electrons. The number of rotatable bonds is 4. The summed E-state index contributed by atoms with van der Waals surface area (Å²) in [5.41, 5.74) is 0.831. The van der Waals surface area contributed by atoms with Gasteiger partial charge in [0, 0.05) is 18.7 Å². The van der Waals surface area contributed by atoms with Crippen LogP contribution in [0.15, 0.2) is 71.9 Å². The minimum absolute atomic E-state index is 0.247. The highest BCUT2D eigenvalue weighted by Gasteiger charge is 2.64. The van der Waals surface area contributed by atoms with E-state index in [1.165, 1.54) is 19.1 Å². The highest BCUT2D eigenvalue weighted by atomic mass is 16.5. The fraction of sp³-hybridized carbons (Fsp3) is 0.208. The minimum atomic E-state index is -0.879. The summed E-state index contributed by atoms with van der Waals surface area (Å²) in [5, 5.41) is 5.92. The highest BCUT2D eigenvalue weighted by Crippen LogP contribution is 2.46. The number of hydrogen-bond acceptors (Lipinski definition) is 7. The predicted octanol–water partition coefficient (Wildman–Crippen LogP) is 2.21. The van der Waals surface area contributed by atoms with Crippen LogP contribution in [0.25, 0.3) is 0 Å². The van der Waals surface area contributed by atoms with Gasteiger partial charge in [-0.25, -0.2) is 4.90 Å². The van der Waals surface area contributed by atoms with Crippen LogP contribution in [-0.4, -0.2) is 46.9 Å². The molecule has 4 atom stereocenters. The SMILES string of the molecule is CC(=O)Oc1ccc(N2C(=O)[C@@H]3[C@H](C2=O)[C@@H](C(=O)c2ccccc2)N2N=CC=C[C@H]32)cc1. The average molecular weight is 429 g/mol. The van der Waals surface area contributed by atoms with Crippen molar-refractivity contribution >= 4 is 35.5 Å². The van der Waals surface area contributed by atoms with E-state index in [1.54, 1.807) is 59.8 Å². The summed E-state index contributed by atoms with van der Waals surface area (Å²) in [5.74, 6) is -2.78. The van der Waals surface area contributed by atoms with Crippen LogP contribution in [0.5, 0.6) is 5.75 Å². The van der Waals surface area contributed by atoms with Gasteiger partial charge in [-0.1, -0.05) is 36.4 Å². The summed E-state index contributed by atoms with van der Waals surface area (Å²) < 4.78 is 5.02. The first-order valence-corrected chi connectivity index (χ1v) is 10.2. The zero-order valence-electron chi connectivity index (χ0n) is 17.1. The van der Waals surface area contributed by atoms with E-state index in [2.05, 4.69) is 5.10 Å². The molecule has 8 nitrogen and oxygen atoms in total. The monoisotopic (exact) mass is 429 g/mol. The van der Waals surface area contributed by atoms with Crippen LogP contribution in [0.1, 0.15) is 17.3 Å². The van der Waals surface area contributed by atoms with Crippen LogP contribution in [0.3, 0.4) is 0 Å². The van der Waals surface area contributed by atoms with E-state index in [9.17, 15) is 19.2 Å². The zero-order valence-corrected chi connectivity index (χ0v) is 17.1. The smallest absolute Gasteiger partial charge is 0.308 e. The molecule has 3 aliphatic rings. The molecule has 8 heteroatoms. The number of imide groups is 1. The van der Waals surface area contributed by atoms with Crippen molar-refractivity contribution in [3.63, 3.8) is 0 Å². The lowest BCUT2D eigenvalue weighted by atomic mass is 9.86. The Morgan fingerprint density at radius 3 is 2.31 bits per heavy atom. The van der Waals surface area contributed by atoms with Gasteiger partial charge in [0.25, 0.3) is 0 Å². The maximum atomic E-state index is 13.5. The first-order chi connectivity index (χ1) is 15.5. The number of Topliss-reactive ketones (excluding diaryl/α,β-unsaturated/α-hetero) is 1. The number of amides is 2. The number of fused-ring (bicyclic) bond motifs is 3. The van der Waals surface area contributed by atoms with Crippen molar-refractivity contribution in [1.29, 1.82) is 0 Å². The Balaban J connectivity index is 1.52. The molecule has 32 heavy (non-hydrogen) atoms. The van der Waals surface area contributed by atoms with E-state index in [-0.39, 0.29) is 11.7 Å². The second kappa shape index (κ2) is 7.56. The number of benzene rings is 2. The number of carbonyl (C=O) groups excluding carboxylic acids is 4. The number of hydrazone groups is 1. The molecule has 0 saturated carbocycles. The van der Waals surface area contributed by atoms with Crippen molar-refractivity contribution in [3.8, 4) is 5.75 Å². The van der Waals surface area contributed by atoms with Crippen LogP contribution in [0, 0.1) is 11.8 Å². The quantitative estimate of drug-likeness (QED) is 0.320. The van der Waals surface area contributed by atoms with E-state index < -0.39 is 35.8 Å². The number of hydrogen-bond donors (Lipinski definition) is 0. The van der Waals surface area contributed by atoms with E-state index >= 15 is 0 Å². The fourth-order valence-electron chi connectivity index (χ4n) is 4.69. The van der Waals surface area contributed by atoms with Crippen LogP contribution >= 0.6 is 0 Å². The van der Waals surface area contributed by atoms with Gasteiger partial charge in [-0.05, 0) is 30.3 Å². The molecule has 0 spiro atoms. The molecule has 0 N–H and O–H groups in total. The summed E-state index contributed by atoms with van der Waals surface area (Å²) in [6.07, 6.45) is 5.09. The molecule has 2 fully saturated rings. The molecular weight excluding hydrogens is 410 g/mol. The fourth-order valence-corrected chi connectivity index (χ4v) is 4.69. The summed E-state index contributed by atoms with van der Waals surface area (Å²) in [7, 11) is 0. The first-order valence-electron chi connectivity index (χ1n) is 10.2. The second-order valence-corrected chi connectivity index (χ2v) is 7.85. The van der Waals surface area contributed by atoms with E-state index in [0.29, 0.717) is 17.0 Å². The Hall–Kier alpha value is -4.07. The molecule has 0 radical (unpaired) electrons. The number of anilines is 1. The summed E-state index contributed by atoms with van der Waals surface area (Å²) >= 11 is 0. The maximum Gasteiger partial charge on any atom is 0.308 e. The van der Waals surface area contributed by atoms with Crippen molar-refractivity contribution < 1.29 is 23.9 Å². The molecule has 2 amide bonds. The van der Waals surface area contributed by atoms with Gasteiger partial charge in [-0.2, -0.15) is 5.10 Å². The Labute approximate surface area is 183 Å². The first kappa shape index (κ1) is 19.9. The van der Waals surface area contributed by atoms with Crippen LogP contribution in [-0.2, 0) is 14.4 Å². The number of nitrogens with zero attached hydrogens (tertiary/aromatic N) is 3. The molecule has 2 saturated heterocycles. The Morgan fingerprint density at radius 1 is 0.938 bits per heavy atom. The summed E-state index contributed by atoms with van der Waals surface area (Å²) in [6.45, 7) is 1.29. The average Bonchev–Trinajstić information content (AvgIpc) is 3.27. The molecule has 5 rings (SSSR count). The van der Waals surface area contributed by atoms with Crippen LogP contribution in [0.2, 0.25) is 0 Å². The number of esters is 1. The number of ketones is 1. The zero-order chi connectivity index (χ0) is 22.4. The van der Waals surface area contributed by atoms with Gasteiger partial charge >= 0.3 is 5.97 Å². The normalized spacial score (nSPS) is 25.7. The van der Waals surface area contributed by atoms with Gasteiger partial charge in [0.05, 0.1) is 23.6 Å². The Morgan fingerprint density at radius 2 is 1.62 bits per heavy atom. The van der Waals surface area contributed by atoms with E-state index in [4.69, 9.17) is 4.74 Å². The van der Waals surface area contributed by atoms with Gasteiger partial charge in [-0.3, -0.25) is 24.2 Å².